The molecule has 0 saturated carbocycles. The number of allylic oxidation sites excluding steroid dienone is 2. The monoisotopic (exact) mass is 824 g/mol. The molecule has 6 aromatic rings. The molecule has 0 amide bonds. The van der Waals surface area contributed by atoms with Crippen LogP contribution in [-0.2, 0) is 0 Å². The highest BCUT2D eigenvalue weighted by Gasteiger charge is 2.24. The fourth-order valence-corrected chi connectivity index (χ4v) is 9.46. The van der Waals surface area contributed by atoms with Crippen LogP contribution in [0.1, 0.15) is 113 Å². The van der Waals surface area contributed by atoms with Crippen LogP contribution in [0, 0.1) is 13.8 Å². The fraction of sp³-hybridized carbons (Fsp3) is 0.294. The van der Waals surface area contributed by atoms with Gasteiger partial charge in [-0.15, -0.1) is 22.7 Å². The first-order valence-corrected chi connectivity index (χ1v) is 22.5. The molecule has 1 aliphatic rings. The van der Waals surface area contributed by atoms with Crippen LogP contribution in [0.3, 0.4) is 0 Å². The third-order valence-electron chi connectivity index (χ3n) is 10.6. The first-order valence-electron chi connectivity index (χ1n) is 20.8. The van der Waals surface area contributed by atoms with E-state index < -0.39 is 11.9 Å². The minimum absolute atomic E-state index is 0.392. The normalized spacial score (nSPS) is 12.5. The van der Waals surface area contributed by atoms with Gasteiger partial charge in [-0.3, -0.25) is 0 Å². The average Bonchev–Trinajstić information content (AvgIpc) is 4.00. The smallest absolute Gasteiger partial charge is 0.343 e. The largest absolute Gasteiger partial charge is 0.494 e. The van der Waals surface area contributed by atoms with Crippen LogP contribution >= 0.6 is 22.7 Å². The Balaban J connectivity index is 0.984. The Hall–Kier alpha value is -5.44. The summed E-state index contributed by atoms with van der Waals surface area (Å²) in [4.78, 5) is 30.7. The Morgan fingerprint density at radius 1 is 0.508 bits per heavy atom. The van der Waals surface area contributed by atoms with Gasteiger partial charge < -0.3 is 18.9 Å². The van der Waals surface area contributed by atoms with Crippen LogP contribution in [0.4, 0.5) is 0 Å². The molecule has 0 spiro atoms. The van der Waals surface area contributed by atoms with E-state index in [1.54, 1.807) is 46.9 Å². The second-order valence-corrected chi connectivity index (χ2v) is 17.5. The molecule has 0 saturated heterocycles. The minimum atomic E-state index is -0.392. The Kier molecular flexibility index (Phi) is 14.1. The molecular weight excluding hydrogens is 773 g/mol. The second kappa shape index (κ2) is 20.0. The standard InChI is InChI=1S/C51H52O6S2/c1-5-7-9-30-54-40-22-18-38(19-23-40)50(52)56-42-26-14-36(15-27-42)48-32-46(34(3)58-48)44-12-11-13-45(44)47-33-49(59-35(47)4)37-16-28-43(29-17-37)57-51(53)39-20-24-41(25-21-39)55-31-10-8-6-2/h14-29,32-33H,5-13,30-31H2,1-4H3. The summed E-state index contributed by atoms with van der Waals surface area (Å²) in [6.07, 6.45) is 9.84. The van der Waals surface area contributed by atoms with Gasteiger partial charge in [-0.05, 0) is 189 Å². The van der Waals surface area contributed by atoms with Crippen LogP contribution in [-0.4, -0.2) is 25.2 Å². The van der Waals surface area contributed by atoms with E-state index in [2.05, 4.69) is 39.8 Å². The van der Waals surface area contributed by atoms with Crippen LogP contribution in [0.25, 0.3) is 32.0 Å². The first-order chi connectivity index (χ1) is 28.8. The van der Waals surface area contributed by atoms with E-state index in [1.807, 2.05) is 72.8 Å². The van der Waals surface area contributed by atoms with Crippen LogP contribution < -0.4 is 18.9 Å². The Morgan fingerprint density at radius 2 is 0.881 bits per heavy atom. The minimum Gasteiger partial charge on any atom is -0.494 e. The maximum absolute atomic E-state index is 12.9. The van der Waals surface area contributed by atoms with Gasteiger partial charge in [0.05, 0.1) is 24.3 Å². The summed E-state index contributed by atoms with van der Waals surface area (Å²) < 4.78 is 23.0. The number of rotatable bonds is 18. The highest BCUT2D eigenvalue weighted by atomic mass is 32.1. The summed E-state index contributed by atoms with van der Waals surface area (Å²) in [5.41, 5.74) is 8.66. The zero-order chi connectivity index (χ0) is 41.1. The van der Waals surface area contributed by atoms with Crippen molar-refractivity contribution >= 4 is 45.8 Å². The number of benzene rings is 4. The lowest BCUT2D eigenvalue weighted by atomic mass is 9.96. The van der Waals surface area contributed by atoms with E-state index in [9.17, 15) is 9.59 Å². The highest BCUT2D eigenvalue weighted by molar-refractivity contribution is 7.16. The molecule has 0 unspecified atom stereocenters. The number of ether oxygens (including phenoxy) is 4. The third-order valence-corrected chi connectivity index (χ3v) is 12.8. The van der Waals surface area contributed by atoms with Gasteiger partial charge in [0.25, 0.3) is 0 Å². The third kappa shape index (κ3) is 10.6. The first kappa shape index (κ1) is 41.7. The molecule has 59 heavy (non-hydrogen) atoms. The molecule has 0 atom stereocenters. The van der Waals surface area contributed by atoms with E-state index >= 15 is 0 Å². The lowest BCUT2D eigenvalue weighted by Gasteiger charge is -2.08. The van der Waals surface area contributed by atoms with Crippen LogP contribution in [0.2, 0.25) is 0 Å². The fourth-order valence-electron chi connectivity index (χ4n) is 7.35. The van der Waals surface area contributed by atoms with Gasteiger partial charge in [0.1, 0.15) is 23.0 Å². The molecule has 0 aliphatic heterocycles. The molecule has 0 bridgehead atoms. The van der Waals surface area contributed by atoms with Crippen LogP contribution in [0.15, 0.2) is 109 Å². The number of hydrogen-bond donors (Lipinski definition) is 0. The predicted molar refractivity (Wildman–Crippen MR) is 242 cm³/mol. The number of unbranched alkanes of at least 4 members (excludes halogenated alkanes) is 4. The van der Waals surface area contributed by atoms with E-state index in [1.165, 1.54) is 41.8 Å². The molecule has 0 fully saturated rings. The van der Waals surface area contributed by atoms with Gasteiger partial charge in [0, 0.05) is 19.5 Å². The molecule has 8 heteroatoms. The predicted octanol–water partition coefficient (Wildman–Crippen LogP) is 14.4. The van der Waals surface area contributed by atoms with E-state index in [-0.39, 0.29) is 0 Å². The van der Waals surface area contributed by atoms with Gasteiger partial charge in [-0.2, -0.15) is 0 Å². The lowest BCUT2D eigenvalue weighted by Crippen LogP contribution is -2.08. The van der Waals surface area contributed by atoms with Gasteiger partial charge in [-0.25, -0.2) is 9.59 Å². The maximum Gasteiger partial charge on any atom is 0.343 e. The Morgan fingerprint density at radius 3 is 1.25 bits per heavy atom. The molecule has 0 N–H and O–H groups in total. The number of hydrogen-bond acceptors (Lipinski definition) is 8. The van der Waals surface area contributed by atoms with Gasteiger partial charge in [0.2, 0.25) is 0 Å². The number of aryl methyl sites for hydroxylation is 2. The number of carbonyl (C=O) groups excluding carboxylic acids is 2. The van der Waals surface area contributed by atoms with Crippen molar-refractivity contribution in [2.24, 2.45) is 0 Å². The molecule has 4 aromatic carbocycles. The van der Waals surface area contributed by atoms with Crippen molar-refractivity contribution in [3.05, 3.63) is 141 Å². The number of esters is 2. The van der Waals surface area contributed by atoms with Crippen molar-refractivity contribution in [3.8, 4) is 43.9 Å². The molecule has 6 nitrogen and oxygen atoms in total. The summed E-state index contributed by atoms with van der Waals surface area (Å²) in [6, 6.07) is 34.5. The van der Waals surface area contributed by atoms with Crippen molar-refractivity contribution in [2.45, 2.75) is 85.5 Å². The average molecular weight is 825 g/mol. The summed E-state index contributed by atoms with van der Waals surface area (Å²) in [6.45, 7) is 10.1. The van der Waals surface area contributed by atoms with Crippen molar-refractivity contribution < 1.29 is 28.5 Å². The van der Waals surface area contributed by atoms with Gasteiger partial charge >= 0.3 is 11.9 Å². The maximum atomic E-state index is 12.9. The summed E-state index contributed by atoms with van der Waals surface area (Å²) in [5.74, 6) is 1.76. The van der Waals surface area contributed by atoms with Crippen molar-refractivity contribution in [2.75, 3.05) is 13.2 Å². The zero-order valence-corrected chi connectivity index (χ0v) is 36.1. The van der Waals surface area contributed by atoms with Gasteiger partial charge in [0.15, 0.2) is 0 Å². The SMILES string of the molecule is CCCCCOc1ccc(C(=O)Oc2ccc(-c3cc(C4=C(c5cc(-c6ccc(OC(=O)c7ccc(OCCCCC)cc7)cc6)sc5C)CCC4)c(C)s3)cc2)cc1. The molecule has 1 aliphatic carbocycles. The molecule has 7 rings (SSSR count). The van der Waals surface area contributed by atoms with E-state index in [0.29, 0.717) is 35.8 Å². The topological polar surface area (TPSA) is 71.1 Å². The number of thiophene rings is 2. The Labute approximate surface area is 356 Å². The number of carbonyl (C=O) groups is 2. The van der Waals surface area contributed by atoms with Crippen molar-refractivity contribution in [3.63, 3.8) is 0 Å². The van der Waals surface area contributed by atoms with E-state index in [4.69, 9.17) is 18.9 Å². The highest BCUT2D eigenvalue weighted by Crippen LogP contribution is 2.47. The molecule has 2 heterocycles. The van der Waals surface area contributed by atoms with Gasteiger partial charge in [-0.1, -0.05) is 39.5 Å². The van der Waals surface area contributed by atoms with E-state index in [0.717, 1.165) is 80.4 Å². The molecule has 0 radical (unpaired) electrons. The summed E-state index contributed by atoms with van der Waals surface area (Å²) >= 11 is 3.60. The molecule has 2 aromatic heterocycles. The Bertz CT molecular complexity index is 2200. The lowest BCUT2D eigenvalue weighted by molar-refractivity contribution is 0.0725. The second-order valence-electron chi connectivity index (χ2n) is 15.0. The van der Waals surface area contributed by atoms with Crippen LogP contribution in [0.5, 0.6) is 23.0 Å². The quantitative estimate of drug-likeness (QED) is 0.0488. The zero-order valence-electron chi connectivity index (χ0n) is 34.4. The molecule has 304 valence electrons. The summed E-state index contributed by atoms with van der Waals surface area (Å²) in [7, 11) is 0. The summed E-state index contributed by atoms with van der Waals surface area (Å²) in [5, 5.41) is 0. The van der Waals surface area contributed by atoms with Crippen molar-refractivity contribution in [1.29, 1.82) is 0 Å². The van der Waals surface area contributed by atoms with Crippen molar-refractivity contribution in [1.82, 2.24) is 0 Å². The molecular formula is C51H52O6S2.